The van der Waals surface area contributed by atoms with Crippen LogP contribution in [-0.2, 0) is 0 Å². The number of rotatable bonds is 3. The van der Waals surface area contributed by atoms with Crippen LogP contribution in [0, 0.1) is 10.8 Å². The number of nitrogens with one attached hydrogen (secondary N) is 5. The van der Waals surface area contributed by atoms with Crippen molar-refractivity contribution in [1.82, 2.24) is 10.6 Å². The van der Waals surface area contributed by atoms with Gasteiger partial charge in [0.25, 0.3) is 0 Å². The fourth-order valence-electron chi connectivity index (χ4n) is 1.37. The summed E-state index contributed by atoms with van der Waals surface area (Å²) < 4.78 is 39.7. The van der Waals surface area contributed by atoms with Crippen molar-refractivity contribution in [3.05, 3.63) is 24.3 Å². The zero-order valence-corrected chi connectivity index (χ0v) is 11.4. The predicted octanol–water partition coefficient (Wildman–Crippen LogP) is 2.45. The van der Waals surface area contributed by atoms with Crippen LogP contribution in [0.2, 0.25) is 0 Å². The first-order chi connectivity index (χ1) is 9.65. The molecule has 0 saturated heterocycles. The average Bonchev–Trinajstić information content (AvgIpc) is 2.28. The summed E-state index contributed by atoms with van der Waals surface area (Å²) in [5.41, 5.74) is 0.388. The monoisotopic (exact) mass is 303 g/mol. The molecule has 0 amide bonds. The molecule has 21 heavy (non-hydrogen) atoms. The molecule has 1 rings (SSSR count). The first kappa shape index (κ1) is 16.6. The fourth-order valence-corrected chi connectivity index (χ4v) is 1.37. The summed E-state index contributed by atoms with van der Waals surface area (Å²) in [7, 11) is 0. The second-order valence-electron chi connectivity index (χ2n) is 4.37. The van der Waals surface area contributed by atoms with Crippen LogP contribution in [0.15, 0.2) is 24.3 Å². The molecule has 0 bridgehead atoms. The fraction of sp³-hybridized carbons (Fsp3) is 0.333. The van der Waals surface area contributed by atoms with Gasteiger partial charge in [0.2, 0.25) is 0 Å². The lowest BCUT2D eigenvalue weighted by Crippen LogP contribution is -2.45. The zero-order valence-electron chi connectivity index (χ0n) is 11.4. The molecular formula is C12H16F3N5O. The molecule has 1 aromatic rings. The van der Waals surface area contributed by atoms with Gasteiger partial charge in [0.1, 0.15) is 5.75 Å². The van der Waals surface area contributed by atoms with Gasteiger partial charge in [0.05, 0.1) is 0 Å². The molecule has 0 aliphatic rings. The molecule has 0 saturated carbocycles. The highest BCUT2D eigenvalue weighted by Crippen LogP contribution is 2.23. The lowest BCUT2D eigenvalue weighted by molar-refractivity contribution is -0.274. The lowest BCUT2D eigenvalue weighted by atomic mass is 10.3. The minimum absolute atomic E-state index is 0.0385. The van der Waals surface area contributed by atoms with Gasteiger partial charge in [-0.2, -0.15) is 0 Å². The largest absolute Gasteiger partial charge is 0.573 e. The number of anilines is 1. The van der Waals surface area contributed by atoms with Crippen molar-refractivity contribution in [3.8, 4) is 5.75 Å². The standard InChI is InChI=1S/C12H16F3N5O/c1-7(2)18-10(16)20-11(17)19-8-3-5-9(6-4-8)21-12(13,14)15/h3-7H,1-2H3,(H5,16,17,18,19,20). The minimum Gasteiger partial charge on any atom is -0.406 e. The number of hydrogen-bond acceptors (Lipinski definition) is 3. The van der Waals surface area contributed by atoms with Crippen LogP contribution in [0.25, 0.3) is 0 Å². The van der Waals surface area contributed by atoms with Crippen molar-refractivity contribution >= 4 is 17.6 Å². The first-order valence-corrected chi connectivity index (χ1v) is 5.99. The number of guanidine groups is 2. The van der Waals surface area contributed by atoms with Gasteiger partial charge in [-0.15, -0.1) is 13.2 Å². The van der Waals surface area contributed by atoms with Gasteiger partial charge in [0, 0.05) is 11.7 Å². The van der Waals surface area contributed by atoms with Crippen molar-refractivity contribution in [2.24, 2.45) is 0 Å². The summed E-state index contributed by atoms with van der Waals surface area (Å²) >= 11 is 0. The lowest BCUT2D eigenvalue weighted by Gasteiger charge is -2.15. The molecule has 5 N–H and O–H groups in total. The summed E-state index contributed by atoms with van der Waals surface area (Å²) in [5, 5.41) is 22.9. The molecule has 0 aliphatic carbocycles. The van der Waals surface area contributed by atoms with Crippen LogP contribution in [0.5, 0.6) is 5.75 Å². The van der Waals surface area contributed by atoms with E-state index in [1.54, 1.807) is 0 Å². The second kappa shape index (κ2) is 6.82. The highest BCUT2D eigenvalue weighted by atomic mass is 19.4. The minimum atomic E-state index is -4.74. The molecule has 0 fully saturated rings. The van der Waals surface area contributed by atoms with Crippen LogP contribution < -0.4 is 20.7 Å². The van der Waals surface area contributed by atoms with Gasteiger partial charge in [-0.25, -0.2) is 0 Å². The van der Waals surface area contributed by atoms with Crippen LogP contribution in [0.4, 0.5) is 18.9 Å². The number of hydrogen-bond donors (Lipinski definition) is 5. The third-order valence-electron chi connectivity index (χ3n) is 2.04. The van der Waals surface area contributed by atoms with E-state index in [9.17, 15) is 13.2 Å². The quantitative estimate of drug-likeness (QED) is 0.438. The Balaban J connectivity index is 2.52. The van der Waals surface area contributed by atoms with Crippen LogP contribution in [0.1, 0.15) is 13.8 Å². The molecule has 0 unspecified atom stereocenters. The Morgan fingerprint density at radius 3 is 2.14 bits per heavy atom. The molecule has 0 aromatic heterocycles. The highest BCUT2D eigenvalue weighted by molar-refractivity contribution is 6.02. The molecule has 0 aliphatic heterocycles. The molecule has 116 valence electrons. The Morgan fingerprint density at radius 1 is 1.10 bits per heavy atom. The molecular weight excluding hydrogens is 287 g/mol. The third kappa shape index (κ3) is 7.04. The topological polar surface area (TPSA) is 93.0 Å². The number of benzene rings is 1. The second-order valence-corrected chi connectivity index (χ2v) is 4.37. The van der Waals surface area contributed by atoms with Crippen molar-refractivity contribution in [1.29, 1.82) is 10.8 Å². The maximum absolute atomic E-state index is 12.0. The molecule has 6 nitrogen and oxygen atoms in total. The summed E-state index contributed by atoms with van der Waals surface area (Å²) in [6.45, 7) is 3.68. The number of alkyl halides is 3. The summed E-state index contributed by atoms with van der Waals surface area (Å²) in [6.07, 6.45) is -4.74. The summed E-state index contributed by atoms with van der Waals surface area (Å²) in [6, 6.07) is 4.95. The van der Waals surface area contributed by atoms with Crippen molar-refractivity contribution < 1.29 is 17.9 Å². The van der Waals surface area contributed by atoms with Gasteiger partial charge in [-0.3, -0.25) is 16.1 Å². The van der Waals surface area contributed by atoms with E-state index in [2.05, 4.69) is 20.7 Å². The van der Waals surface area contributed by atoms with E-state index >= 15 is 0 Å². The summed E-state index contributed by atoms with van der Waals surface area (Å²) in [4.78, 5) is 0. The summed E-state index contributed by atoms with van der Waals surface area (Å²) in [5.74, 6) is -0.584. The van der Waals surface area contributed by atoms with E-state index < -0.39 is 6.36 Å². The molecule has 0 radical (unpaired) electrons. The average molecular weight is 303 g/mol. The first-order valence-electron chi connectivity index (χ1n) is 5.99. The number of halogens is 3. The molecule has 1 aromatic carbocycles. The van der Waals surface area contributed by atoms with Crippen LogP contribution in [-0.4, -0.2) is 24.3 Å². The molecule has 9 heteroatoms. The SMILES string of the molecule is CC(C)NC(=N)NC(=N)Nc1ccc(OC(F)(F)F)cc1. The predicted molar refractivity (Wildman–Crippen MR) is 73.6 cm³/mol. The molecule has 0 spiro atoms. The van der Waals surface area contributed by atoms with Gasteiger partial charge in [-0.05, 0) is 38.1 Å². The van der Waals surface area contributed by atoms with Crippen molar-refractivity contribution in [2.45, 2.75) is 26.3 Å². The smallest absolute Gasteiger partial charge is 0.406 e. The van der Waals surface area contributed by atoms with Crippen molar-refractivity contribution in [2.75, 3.05) is 5.32 Å². The maximum atomic E-state index is 12.0. The van der Waals surface area contributed by atoms with Gasteiger partial charge < -0.3 is 15.4 Å². The van der Waals surface area contributed by atoms with E-state index in [0.29, 0.717) is 5.69 Å². The molecule has 0 heterocycles. The Hall–Kier alpha value is -2.45. The van der Waals surface area contributed by atoms with E-state index in [0.717, 1.165) is 12.1 Å². The Bertz CT molecular complexity index is 499. The molecule has 0 atom stereocenters. The zero-order chi connectivity index (χ0) is 16.0. The normalized spacial score (nSPS) is 11.0. The van der Waals surface area contributed by atoms with Crippen LogP contribution in [0.3, 0.4) is 0 Å². The van der Waals surface area contributed by atoms with E-state index in [1.165, 1.54) is 12.1 Å². The Kier molecular flexibility index (Phi) is 5.39. The van der Waals surface area contributed by atoms with E-state index in [1.807, 2.05) is 13.8 Å². The van der Waals surface area contributed by atoms with Gasteiger partial charge in [0.15, 0.2) is 11.9 Å². The maximum Gasteiger partial charge on any atom is 0.573 e. The Morgan fingerprint density at radius 2 is 1.67 bits per heavy atom. The van der Waals surface area contributed by atoms with Gasteiger partial charge in [-0.1, -0.05) is 0 Å². The van der Waals surface area contributed by atoms with Crippen molar-refractivity contribution in [3.63, 3.8) is 0 Å². The van der Waals surface area contributed by atoms with E-state index in [-0.39, 0.29) is 23.7 Å². The van der Waals surface area contributed by atoms with E-state index in [4.69, 9.17) is 10.8 Å². The van der Waals surface area contributed by atoms with Crippen LogP contribution >= 0.6 is 0 Å². The highest BCUT2D eigenvalue weighted by Gasteiger charge is 2.30. The Labute approximate surface area is 119 Å². The number of ether oxygens (including phenoxy) is 1. The third-order valence-corrected chi connectivity index (χ3v) is 2.04. The van der Waals surface area contributed by atoms with Gasteiger partial charge >= 0.3 is 6.36 Å².